The molecule has 0 spiro atoms. The maximum Gasteiger partial charge on any atom is 0.112 e. The van der Waals surface area contributed by atoms with Crippen LogP contribution in [0.4, 0.5) is 0 Å². The zero-order valence-corrected chi connectivity index (χ0v) is 7.54. The maximum absolute atomic E-state index is 5.70. The van der Waals surface area contributed by atoms with Gasteiger partial charge in [0.1, 0.15) is 5.60 Å². The lowest BCUT2D eigenvalue weighted by atomic mass is 10.1. The van der Waals surface area contributed by atoms with Crippen molar-refractivity contribution in [1.82, 2.24) is 0 Å². The highest BCUT2D eigenvalue weighted by Crippen LogP contribution is 2.27. The summed E-state index contributed by atoms with van der Waals surface area (Å²) in [4.78, 5) is 0. The topological polar surface area (TPSA) is 31.0 Å². The Bertz CT molecular complexity index is 148. The van der Waals surface area contributed by atoms with E-state index in [1.54, 1.807) is 0 Å². The van der Waals surface area contributed by atoms with E-state index in [-0.39, 0.29) is 5.60 Å². The predicted molar refractivity (Wildman–Crippen MR) is 44.2 cm³/mol. The van der Waals surface area contributed by atoms with Crippen molar-refractivity contribution in [3.05, 3.63) is 0 Å². The molecule has 2 heterocycles. The molecule has 0 bridgehead atoms. The van der Waals surface area contributed by atoms with Crippen molar-refractivity contribution in [3.63, 3.8) is 0 Å². The van der Waals surface area contributed by atoms with Gasteiger partial charge in [0.15, 0.2) is 0 Å². The fraction of sp³-hybridized carbons (Fsp3) is 1.00. The summed E-state index contributed by atoms with van der Waals surface area (Å²) in [6, 6.07) is 0. The minimum Gasteiger partial charge on any atom is -0.381 e. The molecule has 1 atom stereocenters. The Morgan fingerprint density at radius 3 is 2.67 bits per heavy atom. The zero-order chi connectivity index (χ0) is 8.44. The van der Waals surface area contributed by atoms with Crippen molar-refractivity contribution in [2.24, 2.45) is 0 Å². The van der Waals surface area contributed by atoms with Crippen LogP contribution in [-0.4, -0.2) is 38.1 Å². The molecular weight excluding hydrogens is 156 g/mol. The molecule has 0 aromatic rings. The van der Waals surface area contributed by atoms with Crippen LogP contribution in [0.2, 0.25) is 0 Å². The van der Waals surface area contributed by atoms with E-state index in [1.807, 2.05) is 0 Å². The molecule has 0 radical (unpaired) electrons. The van der Waals surface area contributed by atoms with Crippen LogP contribution < -0.4 is 0 Å². The summed E-state index contributed by atoms with van der Waals surface area (Å²) in [5.74, 6) is 0. The average Bonchev–Trinajstić information content (AvgIpc) is 2.84. The molecule has 2 fully saturated rings. The number of ether oxygens (including phenoxy) is 3. The summed E-state index contributed by atoms with van der Waals surface area (Å²) in [6.45, 7) is 5.39. The van der Waals surface area contributed by atoms with E-state index in [0.29, 0.717) is 6.10 Å². The molecule has 0 amide bonds. The van der Waals surface area contributed by atoms with Crippen LogP contribution in [0, 0.1) is 0 Å². The van der Waals surface area contributed by atoms with Crippen LogP contribution in [0.25, 0.3) is 0 Å². The van der Waals surface area contributed by atoms with Crippen molar-refractivity contribution in [3.8, 4) is 0 Å². The van der Waals surface area contributed by atoms with E-state index >= 15 is 0 Å². The fourth-order valence-corrected chi connectivity index (χ4v) is 1.34. The fourth-order valence-electron chi connectivity index (χ4n) is 1.34. The Hall–Kier alpha value is -0.120. The highest BCUT2D eigenvalue weighted by atomic mass is 16.6. The first kappa shape index (κ1) is 8.48. The second-order valence-electron chi connectivity index (χ2n) is 3.86. The molecule has 0 N–H and O–H groups in total. The number of epoxide rings is 1. The molecule has 3 nitrogen and oxygen atoms in total. The van der Waals surface area contributed by atoms with Crippen LogP contribution in [0.15, 0.2) is 0 Å². The lowest BCUT2D eigenvalue weighted by Gasteiger charge is -2.23. The molecular formula is C9H16O3. The van der Waals surface area contributed by atoms with Gasteiger partial charge in [0.05, 0.1) is 19.3 Å². The van der Waals surface area contributed by atoms with Crippen molar-refractivity contribution < 1.29 is 14.2 Å². The molecule has 1 unspecified atom stereocenters. The molecule has 12 heavy (non-hydrogen) atoms. The van der Waals surface area contributed by atoms with Gasteiger partial charge in [0, 0.05) is 13.2 Å². The van der Waals surface area contributed by atoms with Crippen molar-refractivity contribution in [1.29, 1.82) is 0 Å². The molecule has 2 aliphatic heterocycles. The monoisotopic (exact) mass is 172 g/mol. The zero-order valence-electron chi connectivity index (χ0n) is 7.54. The molecule has 0 aliphatic carbocycles. The molecule has 0 aromatic carbocycles. The maximum atomic E-state index is 5.70. The molecule has 70 valence electrons. The lowest BCUT2D eigenvalue weighted by Crippen LogP contribution is -2.27. The van der Waals surface area contributed by atoms with Gasteiger partial charge in [0.2, 0.25) is 0 Å². The predicted octanol–water partition coefficient (Wildman–Crippen LogP) is 0.971. The van der Waals surface area contributed by atoms with E-state index in [0.717, 1.165) is 39.3 Å². The summed E-state index contributed by atoms with van der Waals surface area (Å²) >= 11 is 0. The smallest absolute Gasteiger partial charge is 0.112 e. The van der Waals surface area contributed by atoms with Gasteiger partial charge in [-0.25, -0.2) is 0 Å². The van der Waals surface area contributed by atoms with Gasteiger partial charge in [-0.15, -0.1) is 0 Å². The van der Waals surface area contributed by atoms with Crippen LogP contribution in [0.3, 0.4) is 0 Å². The Balaban J connectivity index is 1.65. The first-order valence-corrected chi connectivity index (χ1v) is 4.62. The minimum atomic E-state index is 0.0400. The second-order valence-corrected chi connectivity index (χ2v) is 3.86. The summed E-state index contributed by atoms with van der Waals surface area (Å²) in [7, 11) is 0. The van der Waals surface area contributed by atoms with Gasteiger partial charge in [-0.05, 0) is 19.8 Å². The van der Waals surface area contributed by atoms with Crippen molar-refractivity contribution in [2.75, 3.05) is 26.4 Å². The molecule has 0 saturated carbocycles. The number of rotatable bonds is 3. The SMILES string of the molecule is CC1(COC2CCOCC2)CO1. The quantitative estimate of drug-likeness (QED) is 0.594. The molecule has 0 aromatic heterocycles. The summed E-state index contributed by atoms with van der Waals surface area (Å²) in [5.41, 5.74) is 0.0400. The van der Waals surface area contributed by atoms with Gasteiger partial charge >= 0.3 is 0 Å². The van der Waals surface area contributed by atoms with E-state index in [9.17, 15) is 0 Å². The summed E-state index contributed by atoms with van der Waals surface area (Å²) in [5, 5.41) is 0. The Labute approximate surface area is 73.0 Å². The normalized spacial score (nSPS) is 36.8. The average molecular weight is 172 g/mol. The number of hydrogen-bond acceptors (Lipinski definition) is 3. The molecule has 3 heteroatoms. The van der Waals surface area contributed by atoms with Gasteiger partial charge in [0.25, 0.3) is 0 Å². The molecule has 2 saturated heterocycles. The third-order valence-electron chi connectivity index (χ3n) is 2.43. The highest BCUT2D eigenvalue weighted by molar-refractivity contribution is 4.86. The Morgan fingerprint density at radius 2 is 2.08 bits per heavy atom. The van der Waals surface area contributed by atoms with Crippen LogP contribution in [0.5, 0.6) is 0 Å². The third-order valence-corrected chi connectivity index (χ3v) is 2.43. The summed E-state index contributed by atoms with van der Waals surface area (Å²) < 4.78 is 16.2. The Morgan fingerprint density at radius 1 is 1.42 bits per heavy atom. The van der Waals surface area contributed by atoms with E-state index in [1.165, 1.54) is 0 Å². The van der Waals surface area contributed by atoms with E-state index in [4.69, 9.17) is 14.2 Å². The molecule has 2 rings (SSSR count). The number of hydrogen-bond donors (Lipinski definition) is 0. The Kier molecular flexibility index (Phi) is 2.35. The lowest BCUT2D eigenvalue weighted by molar-refractivity contribution is -0.0453. The summed E-state index contributed by atoms with van der Waals surface area (Å²) in [6.07, 6.45) is 2.48. The van der Waals surface area contributed by atoms with Crippen molar-refractivity contribution in [2.45, 2.75) is 31.5 Å². The van der Waals surface area contributed by atoms with Gasteiger partial charge in [-0.2, -0.15) is 0 Å². The standard InChI is InChI=1S/C9H16O3/c1-9(7-12-9)6-11-8-2-4-10-5-3-8/h8H,2-7H2,1H3. The van der Waals surface area contributed by atoms with Crippen LogP contribution in [-0.2, 0) is 14.2 Å². The van der Waals surface area contributed by atoms with E-state index < -0.39 is 0 Å². The first-order valence-electron chi connectivity index (χ1n) is 4.62. The third kappa shape index (κ3) is 2.19. The van der Waals surface area contributed by atoms with Gasteiger partial charge in [-0.1, -0.05) is 0 Å². The largest absolute Gasteiger partial charge is 0.381 e. The van der Waals surface area contributed by atoms with Crippen LogP contribution >= 0.6 is 0 Å². The first-order chi connectivity index (χ1) is 5.79. The minimum absolute atomic E-state index is 0.0400. The van der Waals surface area contributed by atoms with Crippen molar-refractivity contribution >= 4 is 0 Å². The highest BCUT2D eigenvalue weighted by Gasteiger charge is 2.40. The van der Waals surface area contributed by atoms with Crippen LogP contribution in [0.1, 0.15) is 19.8 Å². The van der Waals surface area contributed by atoms with Gasteiger partial charge in [-0.3, -0.25) is 0 Å². The van der Waals surface area contributed by atoms with Gasteiger partial charge < -0.3 is 14.2 Å². The molecule has 2 aliphatic rings. The second kappa shape index (κ2) is 3.32. The van der Waals surface area contributed by atoms with E-state index in [2.05, 4.69) is 6.92 Å².